The Morgan fingerprint density at radius 3 is 2.36 bits per heavy atom. The molecule has 0 saturated heterocycles. The number of hydrogen-bond donors (Lipinski definition) is 1. The number of methoxy groups -OCH3 is 1. The summed E-state index contributed by atoms with van der Waals surface area (Å²) in [7, 11) is 1.44. The second-order valence-electron chi connectivity index (χ2n) is 8.64. The summed E-state index contributed by atoms with van der Waals surface area (Å²) in [5, 5.41) is 10.8. The summed E-state index contributed by atoms with van der Waals surface area (Å²) in [4.78, 5) is 26.5. The zero-order valence-electron chi connectivity index (χ0n) is 16.0. The van der Waals surface area contributed by atoms with Crippen molar-refractivity contribution in [3.05, 3.63) is 34.1 Å². The molecule has 136 valence electrons. The molecule has 2 unspecified atom stereocenters. The number of carbonyl (C=O) groups excluding carboxylic acids is 2. The number of aliphatic hydroxyl groups is 1. The molecule has 0 aromatic carbocycles. The fraction of sp³-hybridized carbons (Fsp3) is 0.619. The largest absolute Gasteiger partial charge is 0.492 e. The highest BCUT2D eigenvalue weighted by molar-refractivity contribution is 6.26. The van der Waals surface area contributed by atoms with Gasteiger partial charge in [-0.25, -0.2) is 0 Å². The molecule has 25 heavy (non-hydrogen) atoms. The number of fused-ring (bicyclic) bond motifs is 2. The number of aliphatic hydroxyl groups excluding tert-OH is 1. The molecule has 0 heterocycles. The fourth-order valence-corrected chi connectivity index (χ4v) is 5.09. The maximum Gasteiger partial charge on any atom is 0.225 e. The third-order valence-corrected chi connectivity index (χ3v) is 6.19. The second kappa shape index (κ2) is 5.66. The summed E-state index contributed by atoms with van der Waals surface area (Å²) >= 11 is 0. The Kier molecular flexibility index (Phi) is 4.11. The van der Waals surface area contributed by atoms with E-state index in [0.717, 1.165) is 24.8 Å². The van der Waals surface area contributed by atoms with Crippen molar-refractivity contribution in [2.45, 2.75) is 60.0 Å². The van der Waals surface area contributed by atoms with Gasteiger partial charge in [0.2, 0.25) is 5.78 Å². The van der Waals surface area contributed by atoms with E-state index >= 15 is 0 Å². The summed E-state index contributed by atoms with van der Waals surface area (Å²) in [6.45, 7) is 10.1. The smallest absolute Gasteiger partial charge is 0.225 e. The third kappa shape index (κ3) is 2.37. The van der Waals surface area contributed by atoms with Crippen LogP contribution in [0.2, 0.25) is 0 Å². The molecule has 3 rings (SSSR count). The summed E-state index contributed by atoms with van der Waals surface area (Å²) in [5.41, 5.74) is 1.54. The number of carbonyl (C=O) groups is 2. The van der Waals surface area contributed by atoms with Crippen molar-refractivity contribution in [2.24, 2.45) is 16.7 Å². The van der Waals surface area contributed by atoms with Crippen LogP contribution in [0.5, 0.6) is 0 Å². The number of ketones is 2. The molecule has 0 radical (unpaired) electrons. The van der Waals surface area contributed by atoms with Gasteiger partial charge in [0.25, 0.3) is 0 Å². The molecule has 4 heteroatoms. The Hall–Kier alpha value is -1.68. The average Bonchev–Trinajstić information content (AvgIpc) is 2.50. The molecule has 2 atom stereocenters. The van der Waals surface area contributed by atoms with Crippen molar-refractivity contribution in [1.29, 1.82) is 0 Å². The summed E-state index contributed by atoms with van der Waals surface area (Å²) < 4.78 is 5.38. The van der Waals surface area contributed by atoms with E-state index in [2.05, 4.69) is 13.8 Å². The predicted molar refractivity (Wildman–Crippen MR) is 95.7 cm³/mol. The van der Waals surface area contributed by atoms with Gasteiger partial charge in [-0.15, -0.1) is 0 Å². The Balaban J connectivity index is 2.25. The molecule has 4 nitrogen and oxygen atoms in total. The van der Waals surface area contributed by atoms with Crippen LogP contribution in [-0.2, 0) is 14.3 Å². The SMILES string of the molecule is COC1=C(C(C)C)C(=O)C2=C(C1=O)C1(C)CCCC(C)(C)C1=CC2O. The lowest BCUT2D eigenvalue weighted by atomic mass is 9.53. The van der Waals surface area contributed by atoms with E-state index in [4.69, 9.17) is 4.74 Å². The van der Waals surface area contributed by atoms with Crippen molar-refractivity contribution in [3.8, 4) is 0 Å². The van der Waals surface area contributed by atoms with Crippen molar-refractivity contribution in [1.82, 2.24) is 0 Å². The molecule has 1 N–H and O–H groups in total. The molecule has 3 aliphatic rings. The van der Waals surface area contributed by atoms with Crippen molar-refractivity contribution >= 4 is 11.6 Å². The van der Waals surface area contributed by atoms with Gasteiger partial charge in [-0.2, -0.15) is 0 Å². The highest BCUT2D eigenvalue weighted by atomic mass is 16.5. The monoisotopic (exact) mass is 344 g/mol. The lowest BCUT2D eigenvalue weighted by Crippen LogP contribution is -2.46. The van der Waals surface area contributed by atoms with Crippen molar-refractivity contribution in [2.75, 3.05) is 7.11 Å². The van der Waals surface area contributed by atoms with Crippen molar-refractivity contribution in [3.63, 3.8) is 0 Å². The normalized spacial score (nSPS) is 31.8. The van der Waals surface area contributed by atoms with Crippen LogP contribution in [0.4, 0.5) is 0 Å². The average molecular weight is 344 g/mol. The van der Waals surface area contributed by atoms with E-state index in [1.54, 1.807) is 0 Å². The molecule has 1 saturated carbocycles. The summed E-state index contributed by atoms with van der Waals surface area (Å²) in [5.74, 6) is -0.468. The summed E-state index contributed by atoms with van der Waals surface area (Å²) in [6, 6.07) is 0. The van der Waals surface area contributed by atoms with Crippen molar-refractivity contribution < 1.29 is 19.4 Å². The van der Waals surface area contributed by atoms with Gasteiger partial charge in [0.1, 0.15) is 6.10 Å². The van der Waals surface area contributed by atoms with Gasteiger partial charge in [-0.05, 0) is 24.2 Å². The fourth-order valence-electron chi connectivity index (χ4n) is 5.09. The predicted octanol–water partition coefficient (Wildman–Crippen LogP) is 3.51. The molecule has 0 amide bonds. The van der Waals surface area contributed by atoms with Crippen LogP contribution < -0.4 is 0 Å². The van der Waals surface area contributed by atoms with Crippen LogP contribution in [0.25, 0.3) is 0 Å². The van der Waals surface area contributed by atoms with Gasteiger partial charge in [0, 0.05) is 22.1 Å². The van der Waals surface area contributed by atoms with E-state index < -0.39 is 11.5 Å². The molecule has 0 spiro atoms. The first-order chi connectivity index (χ1) is 11.6. The minimum absolute atomic E-state index is 0.106. The first-order valence-electron chi connectivity index (χ1n) is 9.09. The number of Topliss-reactive ketones (excluding diaryl/α,β-unsaturated/α-hetero) is 2. The van der Waals surface area contributed by atoms with E-state index in [-0.39, 0.29) is 34.2 Å². The highest BCUT2D eigenvalue weighted by Gasteiger charge is 2.53. The van der Waals surface area contributed by atoms with Gasteiger partial charge in [-0.1, -0.05) is 52.7 Å². The lowest BCUT2D eigenvalue weighted by Gasteiger charge is -2.51. The zero-order chi connectivity index (χ0) is 18.7. The van der Waals surface area contributed by atoms with E-state index in [0.29, 0.717) is 11.1 Å². The summed E-state index contributed by atoms with van der Waals surface area (Å²) in [6.07, 6.45) is 3.59. The van der Waals surface area contributed by atoms with Gasteiger partial charge >= 0.3 is 0 Å². The van der Waals surface area contributed by atoms with Crippen LogP contribution in [-0.4, -0.2) is 29.9 Å². The quantitative estimate of drug-likeness (QED) is 0.615. The van der Waals surface area contributed by atoms with E-state index in [1.807, 2.05) is 26.8 Å². The zero-order valence-corrected chi connectivity index (χ0v) is 16.0. The molecule has 1 fully saturated rings. The Morgan fingerprint density at radius 1 is 1.16 bits per heavy atom. The van der Waals surface area contributed by atoms with E-state index in [1.165, 1.54) is 7.11 Å². The second-order valence-corrected chi connectivity index (χ2v) is 8.64. The number of allylic oxidation sites excluding steroid dienone is 3. The Morgan fingerprint density at radius 2 is 1.80 bits per heavy atom. The van der Waals surface area contributed by atoms with Gasteiger partial charge in [0.15, 0.2) is 11.5 Å². The third-order valence-electron chi connectivity index (χ3n) is 6.19. The van der Waals surface area contributed by atoms with Gasteiger partial charge in [0.05, 0.1) is 7.11 Å². The van der Waals surface area contributed by atoms with Crippen LogP contribution in [0, 0.1) is 16.7 Å². The minimum Gasteiger partial charge on any atom is -0.492 e. The molecule has 0 aliphatic heterocycles. The minimum atomic E-state index is -1.03. The van der Waals surface area contributed by atoms with Gasteiger partial charge < -0.3 is 9.84 Å². The maximum absolute atomic E-state index is 13.3. The molecule has 0 aromatic rings. The first kappa shape index (κ1) is 18.1. The number of ether oxygens (including phenoxy) is 1. The lowest BCUT2D eigenvalue weighted by molar-refractivity contribution is -0.121. The van der Waals surface area contributed by atoms with E-state index in [9.17, 15) is 14.7 Å². The van der Waals surface area contributed by atoms with Crippen LogP contribution in [0.3, 0.4) is 0 Å². The Labute approximate surface area is 149 Å². The molecular formula is C21H28O4. The first-order valence-corrected chi connectivity index (χ1v) is 9.09. The molecular weight excluding hydrogens is 316 g/mol. The molecule has 0 aromatic heterocycles. The van der Waals surface area contributed by atoms with Crippen LogP contribution >= 0.6 is 0 Å². The topological polar surface area (TPSA) is 63.6 Å². The standard InChI is InChI=1S/C21H28O4/c1-11(2)14-17(23)15-12(22)10-13-20(3,4)8-7-9-21(13,5)16(15)18(24)19(14)25-6/h10-12,22H,7-9H2,1-6H3. The van der Waals surface area contributed by atoms with Crippen LogP contribution in [0.15, 0.2) is 34.1 Å². The number of hydrogen-bond acceptors (Lipinski definition) is 4. The number of rotatable bonds is 2. The maximum atomic E-state index is 13.3. The Bertz CT molecular complexity index is 748. The van der Waals surface area contributed by atoms with Gasteiger partial charge in [-0.3, -0.25) is 9.59 Å². The van der Waals surface area contributed by atoms with Crippen LogP contribution in [0.1, 0.15) is 53.9 Å². The highest BCUT2D eigenvalue weighted by Crippen LogP contribution is 2.58. The molecule has 3 aliphatic carbocycles. The molecule has 0 bridgehead atoms.